The van der Waals surface area contributed by atoms with E-state index in [2.05, 4.69) is 20.9 Å². The molecule has 0 aliphatic carbocycles. The Kier molecular flexibility index (Phi) is 3.26. The summed E-state index contributed by atoms with van der Waals surface area (Å²) in [6.45, 7) is 0. The zero-order valence-electron chi connectivity index (χ0n) is 6.95. The second kappa shape index (κ2) is 4.27. The summed E-state index contributed by atoms with van der Waals surface area (Å²) >= 11 is 2.72. The maximum atomic E-state index is 12.5. The molecular formula is C7H2BrF2N3O2. The molecule has 78 valence electrons. The molecule has 1 aromatic heterocycles. The molecule has 1 aromatic rings. The van der Waals surface area contributed by atoms with Crippen molar-refractivity contribution in [2.75, 3.05) is 0 Å². The molecule has 0 fully saturated rings. The molecule has 1 heterocycles. The zero-order chi connectivity index (χ0) is 11.6. The third-order valence-electron chi connectivity index (χ3n) is 1.55. The SMILES string of the molecule is N#Cc1ncc(Br)c(C(F)F)c1[N+](=O)[O-]. The Morgan fingerprint density at radius 2 is 2.27 bits per heavy atom. The Balaban J connectivity index is 3.60. The van der Waals surface area contributed by atoms with Gasteiger partial charge < -0.3 is 0 Å². The van der Waals surface area contributed by atoms with Gasteiger partial charge in [0.25, 0.3) is 6.43 Å². The second-order valence-electron chi connectivity index (χ2n) is 2.39. The van der Waals surface area contributed by atoms with Crippen LogP contribution >= 0.6 is 15.9 Å². The molecule has 0 atom stereocenters. The average Bonchev–Trinajstić information content (AvgIpc) is 2.16. The Labute approximate surface area is 90.6 Å². The number of nitriles is 1. The number of nitrogens with zero attached hydrogens (tertiary/aromatic N) is 3. The lowest BCUT2D eigenvalue weighted by Crippen LogP contribution is -2.02. The molecule has 0 unspecified atom stereocenters. The summed E-state index contributed by atoms with van der Waals surface area (Å²) in [6.07, 6.45) is -2.11. The Morgan fingerprint density at radius 3 is 2.67 bits per heavy atom. The van der Waals surface area contributed by atoms with Crippen LogP contribution in [0.5, 0.6) is 0 Å². The molecule has 0 N–H and O–H groups in total. The van der Waals surface area contributed by atoms with Gasteiger partial charge in [-0.05, 0) is 15.9 Å². The first-order valence-electron chi connectivity index (χ1n) is 3.50. The highest BCUT2D eigenvalue weighted by atomic mass is 79.9. The van der Waals surface area contributed by atoms with Crippen LogP contribution in [-0.4, -0.2) is 9.91 Å². The second-order valence-corrected chi connectivity index (χ2v) is 3.24. The van der Waals surface area contributed by atoms with Gasteiger partial charge in [0.1, 0.15) is 11.6 Å². The van der Waals surface area contributed by atoms with E-state index in [4.69, 9.17) is 5.26 Å². The summed E-state index contributed by atoms with van der Waals surface area (Å²) in [5.41, 5.74) is -2.41. The molecule has 0 saturated heterocycles. The molecule has 8 heteroatoms. The predicted molar refractivity (Wildman–Crippen MR) is 48.3 cm³/mol. The monoisotopic (exact) mass is 277 g/mol. The van der Waals surface area contributed by atoms with Gasteiger partial charge in [-0.15, -0.1) is 0 Å². The van der Waals surface area contributed by atoms with Crippen LogP contribution in [0.2, 0.25) is 0 Å². The third kappa shape index (κ3) is 2.07. The van der Waals surface area contributed by atoms with Gasteiger partial charge in [-0.1, -0.05) is 0 Å². The van der Waals surface area contributed by atoms with Crippen molar-refractivity contribution in [1.29, 1.82) is 5.26 Å². The lowest BCUT2D eigenvalue weighted by Gasteiger charge is -2.04. The molecule has 0 aliphatic rings. The average molecular weight is 278 g/mol. The molecule has 0 spiro atoms. The van der Waals surface area contributed by atoms with Crippen molar-refractivity contribution in [3.8, 4) is 6.07 Å². The standard InChI is InChI=1S/C7H2BrF2N3O2/c8-3-2-12-4(1-11)6(13(14)15)5(3)7(9)10/h2,7H. The van der Waals surface area contributed by atoms with Crippen LogP contribution in [0.3, 0.4) is 0 Å². The maximum absolute atomic E-state index is 12.5. The smallest absolute Gasteiger partial charge is 0.258 e. The van der Waals surface area contributed by atoms with E-state index in [1.807, 2.05) is 0 Å². The van der Waals surface area contributed by atoms with Gasteiger partial charge in [0.05, 0.1) is 9.40 Å². The van der Waals surface area contributed by atoms with E-state index in [1.54, 1.807) is 0 Å². The van der Waals surface area contributed by atoms with Gasteiger partial charge in [-0.25, -0.2) is 13.8 Å². The van der Waals surface area contributed by atoms with Crippen molar-refractivity contribution in [3.63, 3.8) is 0 Å². The number of pyridine rings is 1. The molecule has 0 bridgehead atoms. The fourth-order valence-corrected chi connectivity index (χ4v) is 1.43. The van der Waals surface area contributed by atoms with Gasteiger partial charge in [0.2, 0.25) is 5.69 Å². The van der Waals surface area contributed by atoms with Crippen LogP contribution in [0.4, 0.5) is 14.5 Å². The van der Waals surface area contributed by atoms with E-state index in [1.165, 1.54) is 6.07 Å². The Bertz CT molecular complexity index is 458. The van der Waals surface area contributed by atoms with E-state index >= 15 is 0 Å². The minimum Gasteiger partial charge on any atom is -0.258 e. The van der Waals surface area contributed by atoms with Crippen LogP contribution in [-0.2, 0) is 0 Å². The largest absolute Gasteiger partial charge is 0.315 e. The first-order valence-corrected chi connectivity index (χ1v) is 4.29. The quantitative estimate of drug-likeness (QED) is 0.615. The molecule has 15 heavy (non-hydrogen) atoms. The number of hydrogen-bond donors (Lipinski definition) is 0. The first-order chi connectivity index (χ1) is 6.99. The summed E-state index contributed by atoms with van der Waals surface area (Å²) < 4.78 is 24.8. The highest BCUT2D eigenvalue weighted by Gasteiger charge is 2.29. The minimum absolute atomic E-state index is 0.191. The summed E-state index contributed by atoms with van der Waals surface area (Å²) in [4.78, 5) is 12.9. The van der Waals surface area contributed by atoms with E-state index in [0.29, 0.717) is 0 Å². The maximum Gasteiger partial charge on any atom is 0.315 e. The van der Waals surface area contributed by atoms with Crippen LogP contribution in [0.15, 0.2) is 10.7 Å². The molecule has 0 aromatic carbocycles. The third-order valence-corrected chi connectivity index (χ3v) is 2.18. The van der Waals surface area contributed by atoms with Gasteiger partial charge in [0.15, 0.2) is 0 Å². The lowest BCUT2D eigenvalue weighted by molar-refractivity contribution is -0.386. The lowest BCUT2D eigenvalue weighted by atomic mass is 10.2. The van der Waals surface area contributed by atoms with Gasteiger partial charge in [-0.3, -0.25) is 10.1 Å². The van der Waals surface area contributed by atoms with Crippen LogP contribution in [0.25, 0.3) is 0 Å². The number of alkyl halides is 2. The number of halogens is 3. The van der Waals surface area contributed by atoms with Gasteiger partial charge in [-0.2, -0.15) is 5.26 Å². The number of rotatable bonds is 2. The number of hydrogen-bond acceptors (Lipinski definition) is 4. The van der Waals surface area contributed by atoms with E-state index in [9.17, 15) is 18.9 Å². The first kappa shape index (κ1) is 11.5. The summed E-state index contributed by atoms with van der Waals surface area (Å²) in [7, 11) is 0. The van der Waals surface area contributed by atoms with Crippen LogP contribution in [0, 0.1) is 21.4 Å². The van der Waals surface area contributed by atoms with Crippen molar-refractivity contribution in [1.82, 2.24) is 4.98 Å². The minimum atomic E-state index is -3.05. The van der Waals surface area contributed by atoms with E-state index < -0.39 is 28.3 Å². The van der Waals surface area contributed by atoms with E-state index in [-0.39, 0.29) is 4.47 Å². The zero-order valence-corrected chi connectivity index (χ0v) is 8.53. The van der Waals surface area contributed by atoms with Crippen molar-refractivity contribution in [3.05, 3.63) is 32.0 Å². The Morgan fingerprint density at radius 1 is 1.67 bits per heavy atom. The Hall–Kier alpha value is -1.62. The van der Waals surface area contributed by atoms with Gasteiger partial charge >= 0.3 is 5.69 Å². The molecular weight excluding hydrogens is 276 g/mol. The number of nitro groups is 1. The van der Waals surface area contributed by atoms with Crippen molar-refractivity contribution < 1.29 is 13.7 Å². The number of aromatic nitrogens is 1. The highest BCUT2D eigenvalue weighted by molar-refractivity contribution is 9.10. The summed E-state index contributed by atoms with van der Waals surface area (Å²) in [6, 6.07) is 1.39. The van der Waals surface area contributed by atoms with Crippen molar-refractivity contribution in [2.24, 2.45) is 0 Å². The summed E-state index contributed by atoms with van der Waals surface area (Å²) in [5.74, 6) is 0. The molecule has 5 nitrogen and oxygen atoms in total. The molecule has 0 radical (unpaired) electrons. The van der Waals surface area contributed by atoms with E-state index in [0.717, 1.165) is 6.20 Å². The molecule has 0 saturated carbocycles. The summed E-state index contributed by atoms with van der Waals surface area (Å²) in [5, 5.41) is 19.0. The van der Waals surface area contributed by atoms with Crippen LogP contribution < -0.4 is 0 Å². The predicted octanol–water partition coefficient (Wildman–Crippen LogP) is 2.56. The topological polar surface area (TPSA) is 79.8 Å². The molecule has 1 rings (SSSR count). The van der Waals surface area contributed by atoms with Crippen molar-refractivity contribution in [2.45, 2.75) is 6.43 Å². The molecule has 0 amide bonds. The normalized spacial score (nSPS) is 10.1. The molecule has 0 aliphatic heterocycles. The highest BCUT2D eigenvalue weighted by Crippen LogP contribution is 2.36. The fourth-order valence-electron chi connectivity index (χ4n) is 0.967. The van der Waals surface area contributed by atoms with Gasteiger partial charge in [0, 0.05) is 6.20 Å². The fraction of sp³-hybridized carbons (Fsp3) is 0.143. The van der Waals surface area contributed by atoms with Crippen LogP contribution in [0.1, 0.15) is 17.7 Å². The van der Waals surface area contributed by atoms with Crippen molar-refractivity contribution >= 4 is 21.6 Å².